The number of nitrogens with zero attached hydrogens (tertiary/aromatic N) is 2. The van der Waals surface area contributed by atoms with Crippen molar-refractivity contribution in [2.24, 2.45) is 0 Å². The molecule has 4 heteroatoms. The Morgan fingerprint density at radius 2 is 2.38 bits per heavy atom. The molecule has 1 saturated heterocycles. The van der Waals surface area contributed by atoms with Crippen molar-refractivity contribution in [3.8, 4) is 0 Å². The third-order valence-electron chi connectivity index (χ3n) is 2.78. The van der Waals surface area contributed by atoms with Gasteiger partial charge in [-0.1, -0.05) is 0 Å². The van der Waals surface area contributed by atoms with E-state index < -0.39 is 0 Å². The molecule has 1 atom stereocenters. The Bertz CT molecular complexity index is 392. The molecule has 0 aromatic carbocycles. The van der Waals surface area contributed by atoms with Crippen molar-refractivity contribution < 1.29 is 4.79 Å². The molecule has 16 heavy (non-hydrogen) atoms. The lowest BCUT2D eigenvalue weighted by atomic mass is 10.1. The molecule has 4 nitrogen and oxygen atoms in total. The highest BCUT2D eigenvalue weighted by Gasteiger charge is 2.21. The summed E-state index contributed by atoms with van der Waals surface area (Å²) in [6.07, 6.45) is 3.40. The first-order valence-electron chi connectivity index (χ1n) is 5.61. The molecule has 1 N–H and O–H groups in total. The summed E-state index contributed by atoms with van der Waals surface area (Å²) >= 11 is 0. The number of hydrogen-bond donors (Lipinski definition) is 1. The van der Waals surface area contributed by atoms with E-state index in [1.54, 1.807) is 12.4 Å². The number of hydrogen-bond acceptors (Lipinski definition) is 3. The Morgan fingerprint density at radius 3 is 3.06 bits per heavy atom. The average Bonchev–Trinajstić information content (AvgIpc) is 2.28. The second-order valence-electron chi connectivity index (χ2n) is 4.36. The molecule has 86 valence electrons. The van der Waals surface area contributed by atoms with Crippen molar-refractivity contribution in [1.82, 2.24) is 15.2 Å². The number of rotatable bonds is 1. The van der Waals surface area contributed by atoms with E-state index in [0.717, 1.165) is 25.2 Å². The first kappa shape index (κ1) is 11.1. The van der Waals surface area contributed by atoms with E-state index in [-0.39, 0.29) is 5.91 Å². The molecule has 1 fully saturated rings. The topological polar surface area (TPSA) is 45.2 Å². The zero-order valence-electron chi connectivity index (χ0n) is 9.73. The highest BCUT2D eigenvalue weighted by Crippen LogP contribution is 2.08. The van der Waals surface area contributed by atoms with E-state index in [0.29, 0.717) is 11.6 Å². The second kappa shape index (κ2) is 4.61. The number of aryl methyl sites for hydroxylation is 1. The van der Waals surface area contributed by atoms with Gasteiger partial charge in [0.15, 0.2) is 0 Å². The molecule has 1 aliphatic heterocycles. The SMILES string of the molecule is Cc1cncc(C(=O)N2CCNC(C)C2)c1. The Morgan fingerprint density at radius 1 is 1.56 bits per heavy atom. The smallest absolute Gasteiger partial charge is 0.255 e. The van der Waals surface area contributed by atoms with Crippen LogP contribution < -0.4 is 5.32 Å². The van der Waals surface area contributed by atoms with Crippen LogP contribution in [0.25, 0.3) is 0 Å². The Kier molecular flexibility index (Phi) is 3.19. The molecule has 0 spiro atoms. The molecule has 2 heterocycles. The van der Waals surface area contributed by atoms with Gasteiger partial charge in [0.2, 0.25) is 0 Å². The Balaban J connectivity index is 2.12. The molecule has 1 aliphatic rings. The summed E-state index contributed by atoms with van der Waals surface area (Å²) in [5.41, 5.74) is 1.71. The highest BCUT2D eigenvalue weighted by atomic mass is 16.2. The predicted molar refractivity (Wildman–Crippen MR) is 62.3 cm³/mol. The van der Waals surface area contributed by atoms with E-state index in [1.807, 2.05) is 17.9 Å². The van der Waals surface area contributed by atoms with Crippen LogP contribution in [0.1, 0.15) is 22.8 Å². The van der Waals surface area contributed by atoms with Crippen LogP contribution in [0.4, 0.5) is 0 Å². The quantitative estimate of drug-likeness (QED) is 0.760. The van der Waals surface area contributed by atoms with E-state index in [9.17, 15) is 4.79 Å². The zero-order valence-corrected chi connectivity index (χ0v) is 9.73. The van der Waals surface area contributed by atoms with Crippen LogP contribution in [0.5, 0.6) is 0 Å². The molecule has 1 aromatic rings. The fourth-order valence-electron chi connectivity index (χ4n) is 1.97. The largest absolute Gasteiger partial charge is 0.336 e. The zero-order chi connectivity index (χ0) is 11.5. The van der Waals surface area contributed by atoms with Gasteiger partial charge < -0.3 is 10.2 Å². The van der Waals surface area contributed by atoms with Gasteiger partial charge in [-0.05, 0) is 25.5 Å². The molecule has 0 bridgehead atoms. The van der Waals surface area contributed by atoms with Gasteiger partial charge in [-0.15, -0.1) is 0 Å². The minimum absolute atomic E-state index is 0.0875. The number of aromatic nitrogens is 1. The predicted octanol–water partition coefficient (Wildman–Crippen LogP) is 0.824. The maximum absolute atomic E-state index is 12.2. The molecule has 1 amide bonds. The lowest BCUT2D eigenvalue weighted by molar-refractivity contribution is 0.0708. The van der Waals surface area contributed by atoms with Crippen LogP contribution in [0.15, 0.2) is 18.5 Å². The molecular formula is C12H17N3O. The van der Waals surface area contributed by atoms with Crippen molar-refractivity contribution in [2.75, 3.05) is 19.6 Å². The lowest BCUT2D eigenvalue weighted by Crippen LogP contribution is -2.51. The van der Waals surface area contributed by atoms with Gasteiger partial charge in [-0.25, -0.2) is 0 Å². The van der Waals surface area contributed by atoms with Gasteiger partial charge >= 0.3 is 0 Å². The molecule has 2 rings (SSSR count). The van der Waals surface area contributed by atoms with E-state index in [2.05, 4.69) is 17.2 Å². The van der Waals surface area contributed by atoms with Gasteiger partial charge in [0.05, 0.1) is 5.56 Å². The van der Waals surface area contributed by atoms with Crippen LogP contribution in [0.3, 0.4) is 0 Å². The fraction of sp³-hybridized carbons (Fsp3) is 0.500. The molecular weight excluding hydrogens is 202 g/mol. The van der Waals surface area contributed by atoms with Crippen molar-refractivity contribution in [3.05, 3.63) is 29.6 Å². The third-order valence-corrected chi connectivity index (χ3v) is 2.78. The van der Waals surface area contributed by atoms with E-state index >= 15 is 0 Å². The maximum Gasteiger partial charge on any atom is 0.255 e. The summed E-state index contributed by atoms with van der Waals surface area (Å²) in [4.78, 5) is 18.1. The van der Waals surface area contributed by atoms with Gasteiger partial charge in [0, 0.05) is 38.1 Å². The lowest BCUT2D eigenvalue weighted by Gasteiger charge is -2.31. The molecule has 0 saturated carbocycles. The summed E-state index contributed by atoms with van der Waals surface area (Å²) in [6.45, 7) is 6.45. The summed E-state index contributed by atoms with van der Waals surface area (Å²) < 4.78 is 0. The number of nitrogens with one attached hydrogen (secondary N) is 1. The number of carbonyl (C=O) groups excluding carboxylic acids is 1. The van der Waals surface area contributed by atoms with Gasteiger partial charge in [-0.2, -0.15) is 0 Å². The van der Waals surface area contributed by atoms with Crippen molar-refractivity contribution >= 4 is 5.91 Å². The fourth-order valence-corrected chi connectivity index (χ4v) is 1.97. The average molecular weight is 219 g/mol. The number of pyridine rings is 1. The molecule has 0 radical (unpaired) electrons. The Labute approximate surface area is 95.7 Å². The molecule has 1 unspecified atom stereocenters. The van der Waals surface area contributed by atoms with Gasteiger partial charge in [-0.3, -0.25) is 9.78 Å². The number of carbonyl (C=O) groups is 1. The maximum atomic E-state index is 12.2. The standard InChI is InChI=1S/C12H17N3O/c1-9-5-11(7-13-6-9)12(16)15-4-3-14-10(2)8-15/h5-7,10,14H,3-4,8H2,1-2H3. The van der Waals surface area contributed by atoms with Crippen LogP contribution >= 0.6 is 0 Å². The normalized spacial score (nSPS) is 20.9. The van der Waals surface area contributed by atoms with Crippen LogP contribution in [-0.2, 0) is 0 Å². The van der Waals surface area contributed by atoms with Crippen molar-refractivity contribution in [3.63, 3.8) is 0 Å². The first-order chi connectivity index (χ1) is 7.66. The van der Waals surface area contributed by atoms with Crippen molar-refractivity contribution in [1.29, 1.82) is 0 Å². The second-order valence-corrected chi connectivity index (χ2v) is 4.36. The van der Waals surface area contributed by atoms with Crippen LogP contribution in [0, 0.1) is 6.92 Å². The number of amides is 1. The number of piperazine rings is 1. The summed E-state index contributed by atoms with van der Waals surface area (Å²) in [5, 5.41) is 3.32. The Hall–Kier alpha value is -1.42. The highest BCUT2D eigenvalue weighted by molar-refractivity contribution is 5.94. The molecule has 1 aromatic heterocycles. The minimum atomic E-state index is 0.0875. The van der Waals surface area contributed by atoms with E-state index in [4.69, 9.17) is 0 Å². The van der Waals surface area contributed by atoms with Crippen LogP contribution in [-0.4, -0.2) is 41.5 Å². The third kappa shape index (κ3) is 2.39. The van der Waals surface area contributed by atoms with E-state index in [1.165, 1.54) is 0 Å². The minimum Gasteiger partial charge on any atom is -0.336 e. The van der Waals surface area contributed by atoms with Crippen LogP contribution in [0.2, 0.25) is 0 Å². The monoisotopic (exact) mass is 219 g/mol. The van der Waals surface area contributed by atoms with Crippen molar-refractivity contribution in [2.45, 2.75) is 19.9 Å². The van der Waals surface area contributed by atoms with Gasteiger partial charge in [0.25, 0.3) is 5.91 Å². The first-order valence-corrected chi connectivity index (χ1v) is 5.61. The van der Waals surface area contributed by atoms with Gasteiger partial charge in [0.1, 0.15) is 0 Å². The summed E-state index contributed by atoms with van der Waals surface area (Å²) in [6, 6.07) is 2.26. The summed E-state index contributed by atoms with van der Waals surface area (Å²) in [5.74, 6) is 0.0875. The summed E-state index contributed by atoms with van der Waals surface area (Å²) in [7, 11) is 0. The molecule has 0 aliphatic carbocycles.